The van der Waals surface area contributed by atoms with Crippen LogP contribution < -0.4 is 5.32 Å². The molecule has 0 radical (unpaired) electrons. The first kappa shape index (κ1) is 5.98. The van der Waals surface area contributed by atoms with E-state index in [1.165, 1.54) is 7.11 Å². The lowest BCUT2D eigenvalue weighted by atomic mass is 10.3. The molecule has 1 aliphatic heterocycles. The molecular weight excluding hydrogens is 109 g/mol. The first-order chi connectivity index (χ1) is 3.84. The van der Waals surface area contributed by atoms with Gasteiger partial charge >= 0.3 is 0 Å². The number of halogens is 1. The van der Waals surface area contributed by atoms with Gasteiger partial charge in [-0.15, -0.1) is 0 Å². The van der Waals surface area contributed by atoms with E-state index in [2.05, 4.69) is 5.32 Å². The fourth-order valence-electron chi connectivity index (χ4n) is 0.854. The second kappa shape index (κ2) is 2.42. The Morgan fingerprint density at radius 2 is 2.38 bits per heavy atom. The maximum Gasteiger partial charge on any atom is 0.140 e. The lowest BCUT2D eigenvalue weighted by Crippen LogP contribution is -2.21. The van der Waals surface area contributed by atoms with Crippen molar-refractivity contribution in [2.24, 2.45) is 0 Å². The fourth-order valence-corrected chi connectivity index (χ4v) is 0.854. The van der Waals surface area contributed by atoms with Gasteiger partial charge in [-0.25, -0.2) is 4.39 Å². The van der Waals surface area contributed by atoms with Gasteiger partial charge in [-0.1, -0.05) is 0 Å². The van der Waals surface area contributed by atoms with Gasteiger partial charge in [0.1, 0.15) is 12.3 Å². The molecule has 2 nitrogen and oxygen atoms in total. The van der Waals surface area contributed by atoms with Crippen LogP contribution in [-0.2, 0) is 4.74 Å². The van der Waals surface area contributed by atoms with Crippen LogP contribution in [0.2, 0.25) is 0 Å². The molecule has 1 aliphatic rings. The maximum atomic E-state index is 12.4. The molecule has 0 aliphatic carbocycles. The first-order valence-corrected chi connectivity index (χ1v) is 2.72. The summed E-state index contributed by atoms with van der Waals surface area (Å²) in [6.45, 7) is 1.09. The van der Waals surface area contributed by atoms with Crippen LogP contribution in [0.5, 0.6) is 0 Å². The third-order valence-corrected chi connectivity index (χ3v) is 1.39. The van der Waals surface area contributed by atoms with E-state index in [-0.39, 0.29) is 6.10 Å². The minimum Gasteiger partial charge on any atom is -0.377 e. The second-order valence-electron chi connectivity index (χ2n) is 1.95. The van der Waals surface area contributed by atoms with E-state index in [4.69, 9.17) is 4.74 Å². The molecule has 1 heterocycles. The highest BCUT2D eigenvalue weighted by Crippen LogP contribution is 2.06. The summed E-state index contributed by atoms with van der Waals surface area (Å²) >= 11 is 0. The van der Waals surface area contributed by atoms with Crippen molar-refractivity contribution in [2.75, 3.05) is 20.2 Å². The summed E-state index contributed by atoms with van der Waals surface area (Å²) in [6.07, 6.45) is -1.02. The molecule has 2 atom stereocenters. The van der Waals surface area contributed by atoms with E-state index in [1.54, 1.807) is 0 Å². The average molecular weight is 119 g/mol. The van der Waals surface area contributed by atoms with E-state index in [0.717, 1.165) is 0 Å². The van der Waals surface area contributed by atoms with Crippen LogP contribution in [0.1, 0.15) is 0 Å². The van der Waals surface area contributed by atoms with Crippen LogP contribution in [0.4, 0.5) is 4.39 Å². The Balaban J connectivity index is 2.30. The third-order valence-electron chi connectivity index (χ3n) is 1.39. The molecule has 0 saturated carbocycles. The van der Waals surface area contributed by atoms with E-state index < -0.39 is 6.17 Å². The zero-order valence-electron chi connectivity index (χ0n) is 4.86. The predicted octanol–water partition coefficient (Wildman–Crippen LogP) is -0.0573. The fraction of sp³-hybridized carbons (Fsp3) is 1.00. The summed E-state index contributed by atoms with van der Waals surface area (Å²) in [4.78, 5) is 0. The SMILES string of the molecule is CO[C@H]1CNCC1F. The van der Waals surface area contributed by atoms with Gasteiger partial charge in [0.25, 0.3) is 0 Å². The summed E-state index contributed by atoms with van der Waals surface area (Å²) in [6, 6.07) is 0. The zero-order chi connectivity index (χ0) is 5.98. The van der Waals surface area contributed by atoms with Gasteiger partial charge in [0.15, 0.2) is 0 Å². The number of rotatable bonds is 1. The Morgan fingerprint density at radius 3 is 2.62 bits per heavy atom. The number of alkyl halides is 1. The monoisotopic (exact) mass is 119 g/mol. The van der Waals surface area contributed by atoms with Gasteiger partial charge in [0.2, 0.25) is 0 Å². The number of hydrogen-bond donors (Lipinski definition) is 1. The molecule has 0 amide bonds. The molecule has 1 unspecified atom stereocenters. The van der Waals surface area contributed by atoms with Gasteiger partial charge in [-0.2, -0.15) is 0 Å². The van der Waals surface area contributed by atoms with E-state index in [0.29, 0.717) is 13.1 Å². The third kappa shape index (κ3) is 0.980. The summed E-state index contributed by atoms with van der Waals surface area (Å²) in [7, 11) is 1.53. The van der Waals surface area contributed by atoms with Crippen molar-refractivity contribution in [3.63, 3.8) is 0 Å². The molecule has 0 aromatic carbocycles. The molecule has 1 saturated heterocycles. The lowest BCUT2D eigenvalue weighted by Gasteiger charge is -2.06. The number of hydrogen-bond acceptors (Lipinski definition) is 2. The van der Waals surface area contributed by atoms with Gasteiger partial charge in [-0.3, -0.25) is 0 Å². The smallest absolute Gasteiger partial charge is 0.140 e. The summed E-state index contributed by atoms with van der Waals surface area (Å²) in [5.74, 6) is 0. The van der Waals surface area contributed by atoms with Crippen molar-refractivity contribution in [3.8, 4) is 0 Å². The molecule has 1 fully saturated rings. The highest BCUT2D eigenvalue weighted by molar-refractivity contribution is 4.80. The Kier molecular flexibility index (Phi) is 1.81. The maximum absolute atomic E-state index is 12.4. The zero-order valence-corrected chi connectivity index (χ0v) is 4.86. The van der Waals surface area contributed by atoms with Crippen LogP contribution in [-0.4, -0.2) is 32.5 Å². The minimum absolute atomic E-state index is 0.213. The normalized spacial score (nSPS) is 38.2. The lowest BCUT2D eigenvalue weighted by molar-refractivity contribution is 0.0647. The average Bonchev–Trinajstić information content (AvgIpc) is 2.14. The second-order valence-corrected chi connectivity index (χ2v) is 1.95. The molecule has 1 N–H and O–H groups in total. The molecular formula is C5H10FNO. The van der Waals surface area contributed by atoms with E-state index in [1.807, 2.05) is 0 Å². The van der Waals surface area contributed by atoms with Crippen molar-refractivity contribution in [1.82, 2.24) is 5.32 Å². The first-order valence-electron chi connectivity index (χ1n) is 2.72. The summed E-state index contributed by atoms with van der Waals surface area (Å²) in [5.41, 5.74) is 0. The van der Waals surface area contributed by atoms with Crippen molar-refractivity contribution in [2.45, 2.75) is 12.3 Å². The molecule has 0 aromatic rings. The molecule has 0 aromatic heterocycles. The molecule has 48 valence electrons. The van der Waals surface area contributed by atoms with Crippen molar-refractivity contribution < 1.29 is 9.13 Å². The Morgan fingerprint density at radius 1 is 1.62 bits per heavy atom. The van der Waals surface area contributed by atoms with Crippen LogP contribution in [0.25, 0.3) is 0 Å². The largest absolute Gasteiger partial charge is 0.377 e. The van der Waals surface area contributed by atoms with Gasteiger partial charge in [0, 0.05) is 20.2 Å². The standard InChI is InChI=1S/C5H10FNO/c1-8-5-3-7-2-4(5)6/h4-5,7H,2-3H2,1H3/t4?,5-/m0/s1. The Labute approximate surface area is 48.0 Å². The topological polar surface area (TPSA) is 21.3 Å². The van der Waals surface area contributed by atoms with E-state index in [9.17, 15) is 4.39 Å². The number of nitrogens with one attached hydrogen (secondary N) is 1. The van der Waals surface area contributed by atoms with E-state index >= 15 is 0 Å². The highest BCUT2D eigenvalue weighted by atomic mass is 19.1. The van der Waals surface area contributed by atoms with Crippen molar-refractivity contribution >= 4 is 0 Å². The van der Waals surface area contributed by atoms with Crippen molar-refractivity contribution in [1.29, 1.82) is 0 Å². The van der Waals surface area contributed by atoms with Gasteiger partial charge < -0.3 is 10.1 Å². The van der Waals surface area contributed by atoms with Crippen LogP contribution in [0, 0.1) is 0 Å². The van der Waals surface area contributed by atoms with Crippen LogP contribution in [0.15, 0.2) is 0 Å². The minimum atomic E-state index is -0.806. The van der Waals surface area contributed by atoms with Crippen molar-refractivity contribution in [3.05, 3.63) is 0 Å². The molecule has 0 bridgehead atoms. The molecule has 0 spiro atoms. The highest BCUT2D eigenvalue weighted by Gasteiger charge is 2.25. The summed E-state index contributed by atoms with van der Waals surface area (Å²) < 4.78 is 17.2. The number of ether oxygens (including phenoxy) is 1. The van der Waals surface area contributed by atoms with Crippen LogP contribution in [0.3, 0.4) is 0 Å². The molecule has 1 rings (SSSR count). The Hall–Kier alpha value is -0.150. The van der Waals surface area contributed by atoms with Gasteiger partial charge in [-0.05, 0) is 0 Å². The quantitative estimate of drug-likeness (QED) is 0.522. The number of methoxy groups -OCH3 is 1. The molecule has 3 heteroatoms. The predicted molar refractivity (Wildman–Crippen MR) is 28.6 cm³/mol. The summed E-state index contributed by atoms with van der Waals surface area (Å²) in [5, 5.41) is 2.87. The van der Waals surface area contributed by atoms with Crippen LogP contribution >= 0.6 is 0 Å². The molecule has 8 heavy (non-hydrogen) atoms. The van der Waals surface area contributed by atoms with Gasteiger partial charge in [0.05, 0.1) is 0 Å². The Bertz CT molecular complexity index is 78.8.